The Balaban J connectivity index is 2.44. The Hall–Kier alpha value is -1.79. The third-order valence-electron chi connectivity index (χ3n) is 3.43. The standard InChI is InChI=1S/C13H12F2N2O2/c1-16-8-4-19-5-9-10(8)6-2-3-7(14)12(15)11(6)13(18)17-9/h2-3,8,16H,4-5H2,1H3,(H,17,18). The van der Waals surface area contributed by atoms with E-state index in [0.29, 0.717) is 17.7 Å². The molecule has 1 unspecified atom stereocenters. The van der Waals surface area contributed by atoms with E-state index in [4.69, 9.17) is 4.74 Å². The van der Waals surface area contributed by atoms with Crippen LogP contribution in [-0.4, -0.2) is 18.6 Å². The lowest BCUT2D eigenvalue weighted by atomic mass is 9.96. The fraction of sp³-hybridized carbons (Fsp3) is 0.308. The summed E-state index contributed by atoms with van der Waals surface area (Å²) in [7, 11) is 1.75. The Morgan fingerprint density at radius 3 is 2.95 bits per heavy atom. The Morgan fingerprint density at radius 2 is 2.21 bits per heavy atom. The highest BCUT2D eigenvalue weighted by Crippen LogP contribution is 2.30. The number of rotatable bonds is 1. The van der Waals surface area contributed by atoms with E-state index in [0.717, 1.165) is 11.6 Å². The summed E-state index contributed by atoms with van der Waals surface area (Å²) in [5, 5.41) is 3.24. The lowest BCUT2D eigenvalue weighted by molar-refractivity contribution is 0.0819. The second-order valence-corrected chi connectivity index (χ2v) is 4.49. The van der Waals surface area contributed by atoms with Gasteiger partial charge in [-0.3, -0.25) is 4.79 Å². The summed E-state index contributed by atoms with van der Waals surface area (Å²) in [6.07, 6.45) is 0. The summed E-state index contributed by atoms with van der Waals surface area (Å²) in [5.74, 6) is -2.13. The Bertz CT molecular complexity index is 712. The quantitative estimate of drug-likeness (QED) is 0.824. The maximum Gasteiger partial charge on any atom is 0.259 e. The summed E-state index contributed by atoms with van der Waals surface area (Å²) in [5.41, 5.74) is 0.738. The molecule has 6 heteroatoms. The van der Waals surface area contributed by atoms with Gasteiger partial charge in [0.1, 0.15) is 0 Å². The number of hydrogen-bond donors (Lipinski definition) is 2. The molecule has 1 aliphatic heterocycles. The first-order valence-electron chi connectivity index (χ1n) is 5.91. The monoisotopic (exact) mass is 266 g/mol. The first-order chi connectivity index (χ1) is 9.13. The number of aromatic amines is 1. The maximum absolute atomic E-state index is 13.8. The molecule has 4 nitrogen and oxygen atoms in total. The topological polar surface area (TPSA) is 54.1 Å². The fourth-order valence-electron chi connectivity index (χ4n) is 2.53. The lowest BCUT2D eigenvalue weighted by Crippen LogP contribution is -2.30. The molecule has 0 spiro atoms. The van der Waals surface area contributed by atoms with Crippen LogP contribution < -0.4 is 10.9 Å². The van der Waals surface area contributed by atoms with Crippen molar-refractivity contribution >= 4 is 10.8 Å². The average molecular weight is 266 g/mol. The molecule has 2 aromatic rings. The average Bonchev–Trinajstić information content (AvgIpc) is 2.41. The van der Waals surface area contributed by atoms with E-state index in [1.54, 1.807) is 7.05 Å². The highest BCUT2D eigenvalue weighted by Gasteiger charge is 2.25. The molecule has 0 bridgehead atoms. The van der Waals surface area contributed by atoms with Crippen LogP contribution in [0.1, 0.15) is 17.3 Å². The van der Waals surface area contributed by atoms with Gasteiger partial charge in [0.25, 0.3) is 5.56 Å². The molecule has 19 heavy (non-hydrogen) atoms. The highest BCUT2D eigenvalue weighted by molar-refractivity contribution is 5.86. The van der Waals surface area contributed by atoms with Crippen LogP contribution in [-0.2, 0) is 11.3 Å². The number of likely N-dealkylation sites (N-methyl/N-ethyl adjacent to an activating group) is 1. The van der Waals surface area contributed by atoms with Crippen LogP contribution in [0.25, 0.3) is 10.8 Å². The SMILES string of the molecule is CNC1COCc2[nH]c(=O)c3c(F)c(F)ccc3c21. The first-order valence-corrected chi connectivity index (χ1v) is 5.91. The lowest BCUT2D eigenvalue weighted by Gasteiger charge is -2.26. The number of hydrogen-bond acceptors (Lipinski definition) is 3. The second kappa shape index (κ2) is 4.40. The molecule has 100 valence electrons. The van der Waals surface area contributed by atoms with Gasteiger partial charge in [0.05, 0.1) is 24.6 Å². The Labute approximate surface area is 107 Å². The van der Waals surface area contributed by atoms with Crippen molar-refractivity contribution in [3.8, 4) is 0 Å². The molecule has 1 aromatic heterocycles. The van der Waals surface area contributed by atoms with E-state index in [-0.39, 0.29) is 18.0 Å². The number of halogens is 2. The van der Waals surface area contributed by atoms with Crippen LogP contribution in [0.5, 0.6) is 0 Å². The molecule has 0 amide bonds. The first kappa shape index (κ1) is 12.3. The summed E-state index contributed by atoms with van der Waals surface area (Å²) < 4.78 is 32.4. The second-order valence-electron chi connectivity index (χ2n) is 4.49. The number of fused-ring (bicyclic) bond motifs is 3. The number of aromatic nitrogens is 1. The van der Waals surface area contributed by atoms with Crippen molar-refractivity contribution in [3.05, 3.63) is 45.4 Å². The van der Waals surface area contributed by atoms with E-state index in [9.17, 15) is 13.6 Å². The molecule has 1 atom stereocenters. The predicted octanol–water partition coefficient (Wildman–Crippen LogP) is 1.60. The summed E-state index contributed by atoms with van der Waals surface area (Å²) in [6.45, 7) is 0.682. The van der Waals surface area contributed by atoms with Crippen LogP contribution in [0, 0.1) is 11.6 Å². The van der Waals surface area contributed by atoms with Crippen LogP contribution in [0.3, 0.4) is 0 Å². The molecule has 0 radical (unpaired) electrons. The largest absolute Gasteiger partial charge is 0.373 e. The summed E-state index contributed by atoms with van der Waals surface area (Å²) >= 11 is 0. The molecule has 2 heterocycles. The van der Waals surface area contributed by atoms with Gasteiger partial charge in [-0.2, -0.15) is 0 Å². The zero-order valence-electron chi connectivity index (χ0n) is 10.2. The van der Waals surface area contributed by atoms with Gasteiger partial charge in [-0.05, 0) is 18.5 Å². The summed E-state index contributed by atoms with van der Waals surface area (Å²) in [4.78, 5) is 14.5. The zero-order valence-corrected chi connectivity index (χ0v) is 10.2. The van der Waals surface area contributed by atoms with E-state index in [2.05, 4.69) is 10.3 Å². The van der Waals surface area contributed by atoms with Crippen molar-refractivity contribution in [2.24, 2.45) is 0 Å². The molecule has 0 fully saturated rings. The van der Waals surface area contributed by atoms with Crippen molar-refractivity contribution in [1.29, 1.82) is 0 Å². The van der Waals surface area contributed by atoms with Crippen molar-refractivity contribution in [2.45, 2.75) is 12.6 Å². The minimum absolute atomic E-state index is 0.159. The molecular formula is C13H12F2N2O2. The van der Waals surface area contributed by atoms with Crippen LogP contribution in [0.2, 0.25) is 0 Å². The predicted molar refractivity (Wildman–Crippen MR) is 65.9 cm³/mol. The smallest absolute Gasteiger partial charge is 0.259 e. The minimum Gasteiger partial charge on any atom is -0.373 e. The number of H-pyrrole nitrogens is 1. The van der Waals surface area contributed by atoms with Gasteiger partial charge >= 0.3 is 0 Å². The van der Waals surface area contributed by atoms with E-state index >= 15 is 0 Å². The third-order valence-corrected chi connectivity index (χ3v) is 3.43. The van der Waals surface area contributed by atoms with E-state index in [1.807, 2.05) is 0 Å². The van der Waals surface area contributed by atoms with Gasteiger partial charge in [0, 0.05) is 11.3 Å². The van der Waals surface area contributed by atoms with Gasteiger partial charge in [-0.1, -0.05) is 6.07 Å². The minimum atomic E-state index is -1.11. The van der Waals surface area contributed by atoms with Crippen LogP contribution in [0.15, 0.2) is 16.9 Å². The van der Waals surface area contributed by atoms with E-state index in [1.165, 1.54) is 6.07 Å². The molecule has 0 saturated carbocycles. The molecule has 2 N–H and O–H groups in total. The van der Waals surface area contributed by atoms with Crippen molar-refractivity contribution < 1.29 is 13.5 Å². The molecular weight excluding hydrogens is 254 g/mol. The van der Waals surface area contributed by atoms with Gasteiger partial charge in [0.15, 0.2) is 11.6 Å². The third kappa shape index (κ3) is 1.75. The highest BCUT2D eigenvalue weighted by atomic mass is 19.2. The van der Waals surface area contributed by atoms with Gasteiger partial charge in [-0.25, -0.2) is 8.78 Å². The molecule has 1 aliphatic rings. The van der Waals surface area contributed by atoms with Gasteiger partial charge in [0.2, 0.25) is 0 Å². The van der Waals surface area contributed by atoms with E-state index < -0.39 is 17.2 Å². The van der Waals surface area contributed by atoms with Crippen LogP contribution in [0.4, 0.5) is 8.78 Å². The molecule has 3 rings (SSSR count). The normalized spacial score (nSPS) is 18.6. The van der Waals surface area contributed by atoms with Crippen molar-refractivity contribution in [1.82, 2.24) is 10.3 Å². The zero-order chi connectivity index (χ0) is 13.6. The number of nitrogens with one attached hydrogen (secondary N) is 2. The van der Waals surface area contributed by atoms with Gasteiger partial charge in [-0.15, -0.1) is 0 Å². The Morgan fingerprint density at radius 1 is 1.42 bits per heavy atom. The number of benzene rings is 1. The maximum atomic E-state index is 13.8. The van der Waals surface area contributed by atoms with Gasteiger partial charge < -0.3 is 15.0 Å². The molecule has 0 aliphatic carbocycles. The molecule has 0 saturated heterocycles. The summed E-state index contributed by atoms with van der Waals surface area (Å²) in [6, 6.07) is 2.32. The Kier molecular flexibility index (Phi) is 2.83. The van der Waals surface area contributed by atoms with Crippen molar-refractivity contribution in [3.63, 3.8) is 0 Å². The number of ether oxygens (including phenoxy) is 1. The number of pyridine rings is 1. The molecule has 1 aromatic carbocycles. The van der Waals surface area contributed by atoms with Crippen LogP contribution >= 0.6 is 0 Å². The fourth-order valence-corrected chi connectivity index (χ4v) is 2.53. The van der Waals surface area contributed by atoms with Crippen molar-refractivity contribution in [2.75, 3.05) is 13.7 Å².